The molecule has 1 saturated heterocycles. The minimum Gasteiger partial charge on any atom is -0.310 e. The van der Waals surface area contributed by atoms with Gasteiger partial charge in [0.2, 0.25) is 0 Å². The van der Waals surface area contributed by atoms with Gasteiger partial charge in [-0.25, -0.2) is 4.98 Å². The highest BCUT2D eigenvalue weighted by Crippen LogP contribution is 2.10. The van der Waals surface area contributed by atoms with Gasteiger partial charge in [0.25, 0.3) is 5.56 Å². The van der Waals surface area contributed by atoms with Gasteiger partial charge in [-0.3, -0.25) is 4.79 Å². The van der Waals surface area contributed by atoms with Gasteiger partial charge in [-0.15, -0.1) is 0 Å². The zero-order valence-corrected chi connectivity index (χ0v) is 11.8. The van der Waals surface area contributed by atoms with Crippen LogP contribution in [-0.4, -0.2) is 34.5 Å². The number of fused-ring (bicyclic) bond motifs is 1. The van der Waals surface area contributed by atoms with Crippen LogP contribution >= 0.6 is 0 Å². The van der Waals surface area contributed by atoms with E-state index in [4.69, 9.17) is 0 Å². The zero-order valence-electron chi connectivity index (χ0n) is 11.8. The van der Waals surface area contributed by atoms with Gasteiger partial charge in [-0.1, -0.05) is 18.6 Å². The number of aryl methyl sites for hydroxylation is 1. The fourth-order valence-electron chi connectivity index (χ4n) is 2.91. The van der Waals surface area contributed by atoms with E-state index < -0.39 is 0 Å². The Bertz CT molecular complexity index is 629. The summed E-state index contributed by atoms with van der Waals surface area (Å²) >= 11 is 0. The maximum atomic E-state index is 12.0. The molecular weight excluding hydrogens is 250 g/mol. The first kappa shape index (κ1) is 13.3. The van der Waals surface area contributed by atoms with E-state index in [9.17, 15) is 4.79 Å². The van der Waals surface area contributed by atoms with E-state index in [2.05, 4.69) is 14.9 Å². The third-order valence-electron chi connectivity index (χ3n) is 4.00. The van der Waals surface area contributed by atoms with Crippen molar-refractivity contribution in [1.29, 1.82) is 0 Å². The molecule has 2 aromatic rings. The van der Waals surface area contributed by atoms with Crippen molar-refractivity contribution in [1.82, 2.24) is 14.9 Å². The molecule has 0 aliphatic carbocycles. The predicted molar refractivity (Wildman–Crippen MR) is 81.0 cm³/mol. The minimum absolute atomic E-state index is 0.0245. The number of nitrogens with zero attached hydrogens (tertiary/aromatic N) is 2. The normalized spacial score (nSPS) is 16.6. The van der Waals surface area contributed by atoms with Crippen LogP contribution in [0.1, 0.15) is 31.5 Å². The molecule has 1 aliphatic heterocycles. The van der Waals surface area contributed by atoms with Gasteiger partial charge in [0.05, 0.1) is 10.9 Å². The van der Waals surface area contributed by atoms with E-state index in [0.29, 0.717) is 5.39 Å². The fourth-order valence-corrected chi connectivity index (χ4v) is 2.91. The lowest BCUT2D eigenvalue weighted by Crippen LogP contribution is -2.30. The van der Waals surface area contributed by atoms with E-state index in [1.54, 1.807) is 0 Å². The lowest BCUT2D eigenvalue weighted by Gasteiger charge is -2.26. The standard InChI is InChI=1S/C16H21N3O/c20-16-13-7-2-3-8-14(13)17-15(18-16)9-6-12-19-10-4-1-5-11-19/h2-3,7-8H,1,4-6,9-12H2,(H,17,18,20). The van der Waals surface area contributed by atoms with Crippen LogP contribution in [0.5, 0.6) is 0 Å². The summed E-state index contributed by atoms with van der Waals surface area (Å²) in [6, 6.07) is 7.51. The molecule has 3 rings (SSSR count). The van der Waals surface area contributed by atoms with E-state index in [1.165, 1.54) is 32.4 Å². The molecule has 0 bridgehead atoms. The number of para-hydroxylation sites is 1. The highest BCUT2D eigenvalue weighted by molar-refractivity contribution is 5.77. The average Bonchev–Trinajstić information content (AvgIpc) is 2.48. The summed E-state index contributed by atoms with van der Waals surface area (Å²) in [7, 11) is 0. The Morgan fingerprint density at radius 2 is 1.95 bits per heavy atom. The molecule has 0 radical (unpaired) electrons. The van der Waals surface area contributed by atoms with E-state index in [-0.39, 0.29) is 5.56 Å². The number of nitrogens with one attached hydrogen (secondary N) is 1. The maximum Gasteiger partial charge on any atom is 0.258 e. The van der Waals surface area contributed by atoms with E-state index >= 15 is 0 Å². The number of benzene rings is 1. The second-order valence-electron chi connectivity index (χ2n) is 5.54. The van der Waals surface area contributed by atoms with Crippen molar-refractivity contribution in [2.24, 2.45) is 0 Å². The predicted octanol–water partition coefficient (Wildman–Crippen LogP) is 2.34. The summed E-state index contributed by atoms with van der Waals surface area (Å²) < 4.78 is 0. The Morgan fingerprint density at radius 1 is 1.15 bits per heavy atom. The molecule has 0 unspecified atom stereocenters. The summed E-state index contributed by atoms with van der Waals surface area (Å²) in [5, 5.41) is 0.673. The maximum absolute atomic E-state index is 12.0. The molecule has 0 atom stereocenters. The summed E-state index contributed by atoms with van der Waals surface area (Å²) in [6.45, 7) is 3.56. The van der Waals surface area contributed by atoms with Crippen molar-refractivity contribution in [3.05, 3.63) is 40.4 Å². The van der Waals surface area contributed by atoms with Crippen molar-refractivity contribution in [2.75, 3.05) is 19.6 Å². The summed E-state index contributed by atoms with van der Waals surface area (Å²) in [4.78, 5) is 21.9. The quantitative estimate of drug-likeness (QED) is 0.928. The topological polar surface area (TPSA) is 49.0 Å². The first-order valence-electron chi connectivity index (χ1n) is 7.53. The first-order chi connectivity index (χ1) is 9.83. The molecule has 1 N–H and O–H groups in total. The van der Waals surface area contributed by atoms with Gasteiger partial charge >= 0.3 is 0 Å². The third kappa shape index (κ3) is 3.07. The minimum atomic E-state index is -0.0245. The number of hydrogen-bond donors (Lipinski definition) is 1. The Morgan fingerprint density at radius 3 is 2.80 bits per heavy atom. The van der Waals surface area contributed by atoms with Gasteiger partial charge in [0.15, 0.2) is 0 Å². The number of aromatic nitrogens is 2. The molecule has 1 aromatic heterocycles. The van der Waals surface area contributed by atoms with Crippen LogP contribution in [0, 0.1) is 0 Å². The number of hydrogen-bond acceptors (Lipinski definition) is 3. The van der Waals surface area contributed by atoms with Crippen molar-refractivity contribution < 1.29 is 0 Å². The second kappa shape index (κ2) is 6.18. The SMILES string of the molecule is O=c1[nH]c(CCCN2CCCCC2)nc2ccccc12. The first-order valence-corrected chi connectivity index (χ1v) is 7.53. The zero-order chi connectivity index (χ0) is 13.8. The average molecular weight is 271 g/mol. The summed E-state index contributed by atoms with van der Waals surface area (Å²) in [6.07, 6.45) is 5.92. The van der Waals surface area contributed by atoms with Gasteiger partial charge in [0, 0.05) is 6.42 Å². The van der Waals surface area contributed by atoms with Gasteiger partial charge in [0.1, 0.15) is 5.82 Å². The molecule has 20 heavy (non-hydrogen) atoms. The summed E-state index contributed by atoms with van der Waals surface area (Å²) in [5.41, 5.74) is 0.771. The third-order valence-corrected chi connectivity index (χ3v) is 4.00. The van der Waals surface area contributed by atoms with Crippen molar-refractivity contribution in [3.8, 4) is 0 Å². The van der Waals surface area contributed by atoms with Crippen LogP contribution in [0.25, 0.3) is 10.9 Å². The lowest BCUT2D eigenvalue weighted by atomic mass is 10.1. The van der Waals surface area contributed by atoms with Gasteiger partial charge in [-0.2, -0.15) is 0 Å². The number of likely N-dealkylation sites (tertiary alicyclic amines) is 1. The Labute approximate surface area is 118 Å². The summed E-state index contributed by atoms with van der Waals surface area (Å²) in [5.74, 6) is 0.811. The molecule has 106 valence electrons. The number of rotatable bonds is 4. The molecule has 0 amide bonds. The number of piperidine rings is 1. The lowest BCUT2D eigenvalue weighted by molar-refractivity contribution is 0.226. The molecule has 4 heteroatoms. The molecule has 1 fully saturated rings. The highest BCUT2D eigenvalue weighted by Gasteiger charge is 2.10. The smallest absolute Gasteiger partial charge is 0.258 e. The highest BCUT2D eigenvalue weighted by atomic mass is 16.1. The van der Waals surface area contributed by atoms with Crippen LogP contribution in [0.4, 0.5) is 0 Å². The van der Waals surface area contributed by atoms with Gasteiger partial charge < -0.3 is 9.88 Å². The van der Waals surface area contributed by atoms with Crippen LogP contribution in [-0.2, 0) is 6.42 Å². The molecule has 2 heterocycles. The Hall–Kier alpha value is -1.68. The largest absolute Gasteiger partial charge is 0.310 e. The van der Waals surface area contributed by atoms with Crippen LogP contribution in [0.3, 0.4) is 0 Å². The van der Waals surface area contributed by atoms with Crippen LogP contribution < -0.4 is 5.56 Å². The molecule has 1 aliphatic rings. The molecule has 0 saturated carbocycles. The monoisotopic (exact) mass is 271 g/mol. The molecule has 1 aromatic carbocycles. The number of aromatic amines is 1. The van der Waals surface area contributed by atoms with Crippen molar-refractivity contribution in [3.63, 3.8) is 0 Å². The molecule has 4 nitrogen and oxygen atoms in total. The molecule has 0 spiro atoms. The van der Waals surface area contributed by atoms with Crippen molar-refractivity contribution in [2.45, 2.75) is 32.1 Å². The van der Waals surface area contributed by atoms with E-state index in [0.717, 1.165) is 30.7 Å². The van der Waals surface area contributed by atoms with Gasteiger partial charge in [-0.05, 0) is 51.0 Å². The number of H-pyrrole nitrogens is 1. The van der Waals surface area contributed by atoms with Crippen LogP contribution in [0.2, 0.25) is 0 Å². The van der Waals surface area contributed by atoms with Crippen LogP contribution in [0.15, 0.2) is 29.1 Å². The van der Waals surface area contributed by atoms with Crippen molar-refractivity contribution >= 4 is 10.9 Å². The Balaban J connectivity index is 1.64. The van der Waals surface area contributed by atoms with E-state index in [1.807, 2.05) is 24.3 Å². The second-order valence-corrected chi connectivity index (χ2v) is 5.54. The Kier molecular flexibility index (Phi) is 4.11. The fraction of sp³-hybridized carbons (Fsp3) is 0.500. The molecular formula is C16H21N3O.